The third kappa shape index (κ3) is 2.49. The summed E-state index contributed by atoms with van der Waals surface area (Å²) in [5, 5.41) is 3.24. The highest BCUT2D eigenvalue weighted by atomic mass is 16.5. The second-order valence-electron chi connectivity index (χ2n) is 5.02. The molecule has 0 amide bonds. The molecule has 0 radical (unpaired) electrons. The normalized spacial score (nSPS) is 18.2. The Hall–Kier alpha value is -2.00. The van der Waals surface area contributed by atoms with Crippen LogP contribution in [0.5, 0.6) is 11.5 Å². The lowest BCUT2D eigenvalue weighted by Gasteiger charge is -2.15. The van der Waals surface area contributed by atoms with Crippen LogP contribution in [0.1, 0.15) is 30.2 Å². The Labute approximate surface area is 119 Å². The van der Waals surface area contributed by atoms with E-state index in [1.165, 1.54) is 11.1 Å². The van der Waals surface area contributed by atoms with Crippen molar-refractivity contribution in [2.75, 3.05) is 13.7 Å². The molecule has 3 nitrogen and oxygen atoms in total. The fourth-order valence-electron chi connectivity index (χ4n) is 2.50. The summed E-state index contributed by atoms with van der Waals surface area (Å²) < 4.78 is 11.7. The molecule has 3 heteroatoms. The van der Waals surface area contributed by atoms with Gasteiger partial charge >= 0.3 is 0 Å². The molecule has 0 aromatic heterocycles. The molecule has 20 heavy (non-hydrogen) atoms. The number of likely N-dealkylation sites (N-methyl/N-ethyl adjacent to an activating group) is 1. The topological polar surface area (TPSA) is 30.5 Å². The smallest absolute Gasteiger partial charge is 0.128 e. The number of hydrogen-bond donors (Lipinski definition) is 1. The SMILES string of the molecule is CNC1COc2cc(OC(C)c3ccccc3)ccc21. The minimum absolute atomic E-state index is 0.0238. The number of nitrogens with one attached hydrogen (secondary N) is 1. The number of fused-ring (bicyclic) bond motifs is 1. The van der Waals surface area contributed by atoms with Gasteiger partial charge < -0.3 is 14.8 Å². The van der Waals surface area contributed by atoms with Crippen LogP contribution in [0.25, 0.3) is 0 Å². The van der Waals surface area contributed by atoms with Gasteiger partial charge in [0, 0.05) is 11.6 Å². The van der Waals surface area contributed by atoms with Gasteiger partial charge in [-0.05, 0) is 31.7 Å². The number of ether oxygens (including phenoxy) is 2. The van der Waals surface area contributed by atoms with Gasteiger partial charge in [0.15, 0.2) is 0 Å². The Balaban J connectivity index is 1.76. The lowest BCUT2D eigenvalue weighted by Crippen LogP contribution is -2.17. The monoisotopic (exact) mass is 269 g/mol. The van der Waals surface area contributed by atoms with Crippen molar-refractivity contribution in [3.63, 3.8) is 0 Å². The van der Waals surface area contributed by atoms with E-state index in [-0.39, 0.29) is 12.1 Å². The molecule has 104 valence electrons. The lowest BCUT2D eigenvalue weighted by molar-refractivity contribution is 0.225. The molecule has 1 aliphatic heterocycles. The van der Waals surface area contributed by atoms with Gasteiger partial charge in [0.05, 0.1) is 6.04 Å². The molecule has 2 aromatic rings. The number of benzene rings is 2. The molecule has 0 fully saturated rings. The Kier molecular flexibility index (Phi) is 3.61. The average Bonchev–Trinajstić information content (AvgIpc) is 2.90. The van der Waals surface area contributed by atoms with E-state index in [0.717, 1.165) is 11.5 Å². The summed E-state index contributed by atoms with van der Waals surface area (Å²) in [7, 11) is 1.95. The minimum Gasteiger partial charge on any atom is -0.491 e. The largest absolute Gasteiger partial charge is 0.491 e. The van der Waals surface area contributed by atoms with Crippen molar-refractivity contribution in [3.05, 3.63) is 59.7 Å². The zero-order valence-electron chi connectivity index (χ0n) is 11.8. The maximum Gasteiger partial charge on any atom is 0.128 e. The molecule has 2 atom stereocenters. The molecule has 0 spiro atoms. The first-order chi connectivity index (χ1) is 9.78. The standard InChI is InChI=1S/C17H19NO2/c1-12(13-6-4-3-5-7-13)20-14-8-9-15-16(18-2)11-19-17(15)10-14/h3-10,12,16,18H,11H2,1-2H3. The Morgan fingerprint density at radius 3 is 2.75 bits per heavy atom. The maximum atomic E-state index is 5.99. The van der Waals surface area contributed by atoms with Crippen LogP contribution in [-0.2, 0) is 0 Å². The van der Waals surface area contributed by atoms with E-state index in [4.69, 9.17) is 9.47 Å². The minimum atomic E-state index is 0.0238. The van der Waals surface area contributed by atoms with E-state index >= 15 is 0 Å². The molecule has 0 saturated carbocycles. The van der Waals surface area contributed by atoms with E-state index in [9.17, 15) is 0 Å². The summed E-state index contributed by atoms with van der Waals surface area (Å²) in [4.78, 5) is 0. The lowest BCUT2D eigenvalue weighted by atomic mass is 10.1. The highest BCUT2D eigenvalue weighted by Crippen LogP contribution is 2.36. The van der Waals surface area contributed by atoms with Crippen molar-refractivity contribution in [1.29, 1.82) is 0 Å². The van der Waals surface area contributed by atoms with Gasteiger partial charge in [0.25, 0.3) is 0 Å². The zero-order chi connectivity index (χ0) is 13.9. The molecule has 2 aromatic carbocycles. The van der Waals surface area contributed by atoms with Crippen molar-refractivity contribution in [3.8, 4) is 11.5 Å². The predicted molar refractivity (Wildman–Crippen MR) is 79.2 cm³/mol. The summed E-state index contributed by atoms with van der Waals surface area (Å²) in [6.45, 7) is 2.74. The van der Waals surface area contributed by atoms with Crippen molar-refractivity contribution in [1.82, 2.24) is 5.32 Å². The Bertz CT molecular complexity index is 583. The van der Waals surface area contributed by atoms with Gasteiger partial charge in [-0.25, -0.2) is 0 Å². The predicted octanol–water partition coefficient (Wildman–Crippen LogP) is 3.48. The van der Waals surface area contributed by atoms with Crippen LogP contribution in [-0.4, -0.2) is 13.7 Å². The van der Waals surface area contributed by atoms with Crippen LogP contribution in [0.4, 0.5) is 0 Å². The summed E-state index contributed by atoms with van der Waals surface area (Å²) >= 11 is 0. The molecule has 1 aliphatic rings. The second-order valence-corrected chi connectivity index (χ2v) is 5.02. The number of hydrogen-bond acceptors (Lipinski definition) is 3. The molecule has 0 saturated heterocycles. The van der Waals surface area contributed by atoms with Crippen LogP contribution in [0, 0.1) is 0 Å². The molecule has 3 rings (SSSR count). The van der Waals surface area contributed by atoms with E-state index < -0.39 is 0 Å². The van der Waals surface area contributed by atoms with Crippen LogP contribution >= 0.6 is 0 Å². The first-order valence-corrected chi connectivity index (χ1v) is 6.93. The Morgan fingerprint density at radius 1 is 1.20 bits per heavy atom. The van der Waals surface area contributed by atoms with Crippen molar-refractivity contribution >= 4 is 0 Å². The van der Waals surface area contributed by atoms with Crippen LogP contribution in [0.15, 0.2) is 48.5 Å². The van der Waals surface area contributed by atoms with Crippen molar-refractivity contribution < 1.29 is 9.47 Å². The van der Waals surface area contributed by atoms with Crippen molar-refractivity contribution in [2.24, 2.45) is 0 Å². The maximum absolute atomic E-state index is 5.99. The van der Waals surface area contributed by atoms with Crippen LogP contribution in [0.3, 0.4) is 0 Å². The average molecular weight is 269 g/mol. The van der Waals surface area contributed by atoms with Gasteiger partial charge in [0.2, 0.25) is 0 Å². The molecular formula is C17H19NO2. The van der Waals surface area contributed by atoms with Gasteiger partial charge in [-0.15, -0.1) is 0 Å². The summed E-state index contributed by atoms with van der Waals surface area (Å²) in [6, 6.07) is 16.6. The zero-order valence-corrected chi connectivity index (χ0v) is 11.8. The Morgan fingerprint density at radius 2 is 2.00 bits per heavy atom. The third-order valence-electron chi connectivity index (χ3n) is 3.70. The molecule has 2 unspecified atom stereocenters. The molecular weight excluding hydrogens is 250 g/mol. The van der Waals surface area contributed by atoms with Crippen molar-refractivity contribution in [2.45, 2.75) is 19.1 Å². The van der Waals surface area contributed by atoms with Crippen LogP contribution < -0.4 is 14.8 Å². The second kappa shape index (κ2) is 5.55. The van der Waals surface area contributed by atoms with Gasteiger partial charge in [-0.3, -0.25) is 0 Å². The fraction of sp³-hybridized carbons (Fsp3) is 0.294. The van der Waals surface area contributed by atoms with Gasteiger partial charge in [-0.2, -0.15) is 0 Å². The first-order valence-electron chi connectivity index (χ1n) is 6.93. The van der Waals surface area contributed by atoms with E-state index in [1.54, 1.807) is 0 Å². The van der Waals surface area contributed by atoms with E-state index in [1.807, 2.05) is 37.4 Å². The molecule has 0 aliphatic carbocycles. The number of rotatable bonds is 4. The molecule has 1 heterocycles. The quantitative estimate of drug-likeness (QED) is 0.921. The summed E-state index contributed by atoms with van der Waals surface area (Å²) in [5.74, 6) is 1.76. The first kappa shape index (κ1) is 13.0. The highest BCUT2D eigenvalue weighted by Gasteiger charge is 2.23. The molecule has 1 N–H and O–H groups in total. The summed E-state index contributed by atoms with van der Waals surface area (Å²) in [6.07, 6.45) is 0.0238. The third-order valence-corrected chi connectivity index (χ3v) is 3.70. The summed E-state index contributed by atoms with van der Waals surface area (Å²) in [5.41, 5.74) is 2.37. The highest BCUT2D eigenvalue weighted by molar-refractivity contribution is 5.45. The van der Waals surface area contributed by atoms with E-state index in [0.29, 0.717) is 6.61 Å². The van der Waals surface area contributed by atoms with Gasteiger partial charge in [-0.1, -0.05) is 30.3 Å². The molecule has 0 bridgehead atoms. The van der Waals surface area contributed by atoms with Gasteiger partial charge in [0.1, 0.15) is 24.2 Å². The fourth-order valence-corrected chi connectivity index (χ4v) is 2.50. The van der Waals surface area contributed by atoms with Crippen LogP contribution in [0.2, 0.25) is 0 Å². The van der Waals surface area contributed by atoms with E-state index in [2.05, 4.69) is 30.4 Å².